The van der Waals surface area contributed by atoms with Crippen molar-refractivity contribution in [1.29, 1.82) is 0 Å². The Morgan fingerprint density at radius 2 is 0.833 bits per heavy atom. The van der Waals surface area contributed by atoms with Gasteiger partial charge in [-0.25, -0.2) is 0 Å². The predicted octanol–water partition coefficient (Wildman–Crippen LogP) is 9.37. The van der Waals surface area contributed by atoms with Gasteiger partial charge in [0.15, 0.2) is 1.05 Å². The molecule has 0 nitrogen and oxygen atoms in total. The summed E-state index contributed by atoms with van der Waals surface area (Å²) in [4.78, 5) is 0. The molecule has 0 bridgehead atoms. The highest BCUT2D eigenvalue weighted by molar-refractivity contribution is 9.52. The molecule has 5 heteroatoms. The van der Waals surface area contributed by atoms with Crippen molar-refractivity contribution in [3.05, 3.63) is 103 Å². The Labute approximate surface area is 214 Å². The molecule has 0 aliphatic heterocycles. The molecule has 0 N–H and O–H groups in total. The van der Waals surface area contributed by atoms with Crippen LogP contribution in [-0.2, 0) is 0 Å². The molecule has 0 radical (unpaired) electrons. The first kappa shape index (κ1) is 23.9. The van der Waals surface area contributed by atoms with E-state index in [1.807, 2.05) is 0 Å². The van der Waals surface area contributed by atoms with Crippen molar-refractivity contribution in [3.8, 4) is 33.4 Å². The van der Waals surface area contributed by atoms with Crippen LogP contribution in [0.25, 0.3) is 33.4 Å². The summed E-state index contributed by atoms with van der Waals surface area (Å²) in [5.41, 5.74) is 7.54. The van der Waals surface area contributed by atoms with Crippen molar-refractivity contribution in [1.82, 2.24) is 0 Å². The van der Waals surface area contributed by atoms with Gasteiger partial charge in [0, 0.05) is 0 Å². The summed E-state index contributed by atoms with van der Waals surface area (Å²) in [5.74, 6) is 0. The van der Waals surface area contributed by atoms with Crippen molar-refractivity contribution >= 4 is 78.3 Å². The molecule has 0 heterocycles. The molecule has 0 saturated carbocycles. The van der Waals surface area contributed by atoms with Gasteiger partial charge in [0.1, 0.15) is 0 Å². The van der Waals surface area contributed by atoms with Crippen LogP contribution in [-0.4, -0.2) is 1.05 Å². The molecule has 4 aromatic carbocycles. The molecule has 0 fully saturated rings. The Bertz CT molecular complexity index is 1070. The Hall–Kier alpha value is -0.770. The van der Waals surface area contributed by atoms with E-state index in [-0.39, 0.29) is 1.05 Å². The summed E-state index contributed by atoms with van der Waals surface area (Å²) >= 11 is 12.5. The van der Waals surface area contributed by atoms with E-state index in [4.69, 9.17) is 0 Å². The molecule has 0 spiro atoms. The van der Waals surface area contributed by atoms with Crippen LogP contribution in [0.1, 0.15) is 0 Å². The van der Waals surface area contributed by atoms with Gasteiger partial charge in [-0.3, -0.25) is 0 Å². The van der Waals surface area contributed by atoms with Gasteiger partial charge in [-0.1, -0.05) is 103 Å². The predicted molar refractivity (Wildman–Crippen MR) is 151 cm³/mol. The second-order valence-electron chi connectivity index (χ2n) is 6.48. The Morgan fingerprint density at radius 1 is 0.467 bits per heavy atom. The fourth-order valence-corrected chi connectivity index (χ4v) is 3.70. The lowest BCUT2D eigenvalue weighted by molar-refractivity contribution is 1.58. The Balaban J connectivity index is 0.000000461. The van der Waals surface area contributed by atoms with Crippen molar-refractivity contribution in [2.45, 2.75) is 1.05 Å². The fourth-order valence-electron chi connectivity index (χ4n) is 3.30. The lowest BCUT2D eigenvalue weighted by atomic mass is 9.87. The third-order valence-corrected chi connectivity index (χ3v) is 4.93. The van der Waals surface area contributed by atoms with Crippen LogP contribution in [0.4, 0.5) is 0 Å². The molecule has 0 aromatic heterocycles. The topological polar surface area (TPSA) is 0 Å². The maximum Gasteiger partial charge on any atom is 0.189 e. The van der Waals surface area contributed by atoms with E-state index in [1.54, 1.807) is 0 Å². The monoisotopic (exact) mass is 666 g/mol. The van der Waals surface area contributed by atoms with Crippen LogP contribution in [0, 0.1) is 0 Å². The van der Waals surface area contributed by atoms with E-state index < -0.39 is 0 Å². The van der Waals surface area contributed by atoms with Crippen molar-refractivity contribution in [3.63, 3.8) is 0 Å². The maximum atomic E-state index is 3.12. The van der Waals surface area contributed by atoms with Gasteiger partial charge in [0.25, 0.3) is 0 Å². The molecule has 4 aromatic rings. The zero-order valence-corrected chi connectivity index (χ0v) is 23.4. The van der Waals surface area contributed by atoms with E-state index in [9.17, 15) is 0 Å². The van der Waals surface area contributed by atoms with Crippen LogP contribution in [0.15, 0.2) is 103 Å². The van der Waals surface area contributed by atoms with Gasteiger partial charge in [-0.2, -0.15) is 0 Å². The molecular formula is C25H19Br4P. The standard InChI is InChI=1S/C24H19P.CBr4/c25-22-17-16-21(18-10-4-1-5-11-18)23(19-12-6-2-7-13-19)24(22)20-14-8-3-9-15-20;2-1(3,4)5/h1-17H,25H2;. The van der Waals surface area contributed by atoms with Gasteiger partial charge in [-0.05, 0) is 102 Å². The fraction of sp³-hybridized carbons (Fsp3) is 0.0400. The molecule has 0 amide bonds. The number of alkyl halides is 4. The van der Waals surface area contributed by atoms with Crippen LogP contribution in [0.3, 0.4) is 0 Å². The molecular weight excluding hydrogens is 651 g/mol. The third-order valence-electron chi connectivity index (χ3n) is 4.45. The number of hydrogen-bond acceptors (Lipinski definition) is 0. The second-order valence-corrected chi connectivity index (χ2v) is 18.2. The van der Waals surface area contributed by atoms with Crippen LogP contribution in [0.2, 0.25) is 0 Å². The molecule has 1 unspecified atom stereocenters. The smallest absolute Gasteiger partial charge is 0.105 e. The molecule has 0 saturated heterocycles. The molecule has 152 valence electrons. The molecule has 30 heavy (non-hydrogen) atoms. The highest BCUT2D eigenvalue weighted by atomic mass is 80.0. The highest BCUT2D eigenvalue weighted by Gasteiger charge is 2.16. The zero-order chi connectivity index (χ0) is 21.6. The lowest BCUT2D eigenvalue weighted by Crippen LogP contribution is -2.02. The molecule has 0 aliphatic carbocycles. The van der Waals surface area contributed by atoms with Gasteiger partial charge in [-0.15, -0.1) is 9.24 Å². The van der Waals surface area contributed by atoms with Gasteiger partial charge < -0.3 is 0 Å². The quantitative estimate of drug-likeness (QED) is 0.151. The van der Waals surface area contributed by atoms with E-state index in [2.05, 4.69) is 176 Å². The average molecular weight is 670 g/mol. The zero-order valence-electron chi connectivity index (χ0n) is 15.9. The number of rotatable bonds is 3. The molecule has 1 atom stereocenters. The maximum absolute atomic E-state index is 3.12. The summed E-state index contributed by atoms with van der Waals surface area (Å²) in [6, 6.07) is 36.3. The molecule has 0 aliphatic rings. The minimum Gasteiger partial charge on any atom is -0.105 e. The highest BCUT2D eigenvalue weighted by Crippen LogP contribution is 2.40. The normalized spacial score (nSPS) is 10.8. The summed E-state index contributed by atoms with van der Waals surface area (Å²) in [5, 5.41) is 1.21. The lowest BCUT2D eigenvalue weighted by Gasteiger charge is -2.18. The first-order valence-electron chi connectivity index (χ1n) is 9.19. The summed E-state index contributed by atoms with van der Waals surface area (Å²) in [6.45, 7) is 0. The number of hydrogen-bond donors (Lipinski definition) is 0. The Kier molecular flexibility index (Phi) is 8.92. The van der Waals surface area contributed by atoms with Gasteiger partial charge in [0.2, 0.25) is 0 Å². The summed E-state index contributed by atoms with van der Waals surface area (Å²) < 4.78 is -0.250. The van der Waals surface area contributed by atoms with Gasteiger partial charge in [0.05, 0.1) is 0 Å². The SMILES string of the molecule is BrC(Br)(Br)Br.Pc1ccc(-c2ccccc2)c(-c2ccccc2)c1-c1ccccc1. The van der Waals surface area contributed by atoms with Crippen molar-refractivity contribution in [2.24, 2.45) is 0 Å². The summed E-state index contributed by atoms with van der Waals surface area (Å²) in [6.07, 6.45) is 0. The molecule has 4 rings (SSSR count). The van der Waals surface area contributed by atoms with Crippen LogP contribution in [0.5, 0.6) is 0 Å². The van der Waals surface area contributed by atoms with Crippen LogP contribution >= 0.6 is 73.0 Å². The van der Waals surface area contributed by atoms with Gasteiger partial charge >= 0.3 is 0 Å². The number of benzene rings is 4. The average Bonchev–Trinajstić information content (AvgIpc) is 2.74. The van der Waals surface area contributed by atoms with E-state index in [0.29, 0.717) is 0 Å². The Morgan fingerprint density at radius 3 is 1.27 bits per heavy atom. The first-order chi connectivity index (χ1) is 14.3. The third kappa shape index (κ3) is 6.87. The van der Waals surface area contributed by atoms with Crippen LogP contribution < -0.4 is 5.30 Å². The summed E-state index contributed by atoms with van der Waals surface area (Å²) in [7, 11) is 2.90. The second kappa shape index (κ2) is 11.2. The van der Waals surface area contributed by atoms with E-state index in [1.165, 1.54) is 38.7 Å². The van der Waals surface area contributed by atoms with E-state index in [0.717, 1.165) is 0 Å². The van der Waals surface area contributed by atoms with Crippen molar-refractivity contribution < 1.29 is 0 Å². The van der Waals surface area contributed by atoms with E-state index >= 15 is 0 Å². The number of halogens is 4. The largest absolute Gasteiger partial charge is 0.189 e. The minimum atomic E-state index is -0.250. The minimum absolute atomic E-state index is 0.250. The van der Waals surface area contributed by atoms with Crippen molar-refractivity contribution in [2.75, 3.05) is 0 Å². The first-order valence-corrected chi connectivity index (χ1v) is 12.9.